The van der Waals surface area contributed by atoms with Crippen LogP contribution in [0.4, 0.5) is 4.39 Å². The lowest BCUT2D eigenvalue weighted by atomic mass is 10.1. The van der Waals surface area contributed by atoms with Gasteiger partial charge in [0, 0.05) is 5.56 Å². The van der Waals surface area contributed by atoms with Gasteiger partial charge in [-0.15, -0.1) is 0 Å². The molecule has 0 fully saturated rings. The monoisotopic (exact) mass is 380 g/mol. The van der Waals surface area contributed by atoms with E-state index in [0.29, 0.717) is 28.6 Å². The van der Waals surface area contributed by atoms with E-state index in [4.69, 9.17) is 13.9 Å². The normalized spacial score (nSPS) is 15.5. The molecule has 1 amide bonds. The molecule has 3 aromatic rings. The standard InChI is InChI=1S/C21H17FN2O4/c22-11-14-4-3-5-15(10-14)17-9-8-16(27-17)12-23-24-21(25)20-13-26-18-6-1-2-7-19(18)28-20/h1-10,12,20H,11,13H2,(H,24,25)/b23-12+. The first-order valence-electron chi connectivity index (χ1n) is 8.69. The number of alkyl halides is 1. The summed E-state index contributed by atoms with van der Waals surface area (Å²) in [6.45, 7) is -0.430. The Kier molecular flexibility index (Phi) is 5.05. The van der Waals surface area contributed by atoms with Crippen molar-refractivity contribution in [2.45, 2.75) is 12.8 Å². The van der Waals surface area contributed by atoms with Crippen molar-refractivity contribution in [1.82, 2.24) is 5.43 Å². The van der Waals surface area contributed by atoms with Crippen molar-refractivity contribution < 1.29 is 23.1 Å². The van der Waals surface area contributed by atoms with Crippen molar-refractivity contribution >= 4 is 12.1 Å². The van der Waals surface area contributed by atoms with E-state index >= 15 is 0 Å². The second-order valence-electron chi connectivity index (χ2n) is 6.13. The van der Waals surface area contributed by atoms with Crippen molar-refractivity contribution in [3.63, 3.8) is 0 Å². The molecule has 1 aliphatic heterocycles. The smallest absolute Gasteiger partial charge is 0.284 e. The van der Waals surface area contributed by atoms with Crippen molar-refractivity contribution in [3.05, 3.63) is 72.0 Å². The number of furan rings is 1. The van der Waals surface area contributed by atoms with E-state index in [1.165, 1.54) is 6.21 Å². The molecule has 1 unspecified atom stereocenters. The molecule has 7 heteroatoms. The number of carbonyl (C=O) groups is 1. The van der Waals surface area contributed by atoms with Gasteiger partial charge in [0.1, 0.15) is 24.8 Å². The summed E-state index contributed by atoms with van der Waals surface area (Å²) in [6.07, 6.45) is 0.598. The first kappa shape index (κ1) is 17.8. The van der Waals surface area contributed by atoms with Crippen molar-refractivity contribution in [2.24, 2.45) is 5.10 Å². The predicted octanol–water partition coefficient (Wildman–Crippen LogP) is 3.71. The molecule has 0 saturated carbocycles. The molecule has 1 aliphatic rings. The summed E-state index contributed by atoms with van der Waals surface area (Å²) in [5.41, 5.74) is 3.76. The summed E-state index contributed by atoms with van der Waals surface area (Å²) in [7, 11) is 0. The van der Waals surface area contributed by atoms with Gasteiger partial charge in [-0.2, -0.15) is 5.10 Å². The van der Waals surface area contributed by atoms with Crippen LogP contribution in [-0.2, 0) is 11.5 Å². The van der Waals surface area contributed by atoms with Gasteiger partial charge in [0.25, 0.3) is 5.91 Å². The maximum atomic E-state index is 12.8. The van der Waals surface area contributed by atoms with Gasteiger partial charge in [0.15, 0.2) is 11.5 Å². The Bertz CT molecular complexity index is 1010. The molecule has 0 spiro atoms. The van der Waals surface area contributed by atoms with Crippen LogP contribution in [0, 0.1) is 0 Å². The molecule has 0 aliphatic carbocycles. The molecule has 1 aromatic heterocycles. The third kappa shape index (κ3) is 3.88. The quantitative estimate of drug-likeness (QED) is 0.541. The largest absolute Gasteiger partial charge is 0.485 e. The molecular weight excluding hydrogens is 363 g/mol. The zero-order valence-corrected chi connectivity index (χ0v) is 14.8. The summed E-state index contributed by atoms with van der Waals surface area (Å²) < 4.78 is 29.6. The lowest BCUT2D eigenvalue weighted by molar-refractivity contribution is -0.130. The number of rotatable bonds is 5. The van der Waals surface area contributed by atoms with Gasteiger partial charge in [0.05, 0.1) is 6.21 Å². The fourth-order valence-corrected chi connectivity index (χ4v) is 2.77. The Balaban J connectivity index is 1.36. The molecule has 0 saturated heterocycles. The number of nitrogens with one attached hydrogen (secondary N) is 1. The minimum absolute atomic E-state index is 0.105. The average Bonchev–Trinajstić information content (AvgIpc) is 3.22. The van der Waals surface area contributed by atoms with Gasteiger partial charge in [-0.3, -0.25) is 4.79 Å². The number of fused-ring (bicyclic) bond motifs is 1. The Morgan fingerprint density at radius 3 is 2.86 bits per heavy atom. The Morgan fingerprint density at radius 1 is 1.14 bits per heavy atom. The van der Waals surface area contributed by atoms with E-state index in [1.807, 2.05) is 12.1 Å². The maximum Gasteiger partial charge on any atom is 0.284 e. The highest BCUT2D eigenvalue weighted by molar-refractivity contribution is 5.84. The molecule has 0 bridgehead atoms. The molecule has 1 N–H and O–H groups in total. The van der Waals surface area contributed by atoms with Crippen LogP contribution in [0.25, 0.3) is 11.3 Å². The lowest BCUT2D eigenvalue weighted by Crippen LogP contribution is -2.42. The molecule has 2 aromatic carbocycles. The van der Waals surface area contributed by atoms with E-state index in [1.54, 1.807) is 48.5 Å². The van der Waals surface area contributed by atoms with Gasteiger partial charge in [-0.1, -0.05) is 30.3 Å². The average molecular weight is 380 g/mol. The van der Waals surface area contributed by atoms with Crippen LogP contribution >= 0.6 is 0 Å². The number of hydrogen-bond acceptors (Lipinski definition) is 5. The second kappa shape index (κ2) is 7.96. The fraction of sp³-hybridized carbons (Fsp3) is 0.143. The van der Waals surface area contributed by atoms with E-state index in [2.05, 4.69) is 10.5 Å². The Labute approximate surface area is 160 Å². The number of benzene rings is 2. The number of halogens is 1. The van der Waals surface area contributed by atoms with Crippen molar-refractivity contribution in [2.75, 3.05) is 6.61 Å². The Morgan fingerprint density at radius 2 is 2.00 bits per heavy atom. The van der Waals surface area contributed by atoms with Crippen LogP contribution < -0.4 is 14.9 Å². The Hall–Kier alpha value is -3.61. The number of carbonyl (C=O) groups excluding carboxylic acids is 1. The van der Waals surface area contributed by atoms with Crippen LogP contribution in [0.5, 0.6) is 11.5 Å². The van der Waals surface area contributed by atoms with Gasteiger partial charge < -0.3 is 13.9 Å². The molecule has 2 heterocycles. The molecule has 1 atom stereocenters. The summed E-state index contributed by atoms with van der Waals surface area (Å²) >= 11 is 0. The van der Waals surface area contributed by atoms with E-state index in [-0.39, 0.29) is 6.61 Å². The number of hydrazone groups is 1. The van der Waals surface area contributed by atoms with Crippen LogP contribution in [0.15, 0.2) is 70.2 Å². The summed E-state index contributed by atoms with van der Waals surface area (Å²) in [4.78, 5) is 12.2. The van der Waals surface area contributed by atoms with E-state index in [0.717, 1.165) is 5.56 Å². The summed E-state index contributed by atoms with van der Waals surface area (Å²) in [5, 5.41) is 3.90. The van der Waals surface area contributed by atoms with Gasteiger partial charge in [-0.25, -0.2) is 9.82 Å². The zero-order chi connectivity index (χ0) is 19.3. The van der Waals surface area contributed by atoms with E-state index in [9.17, 15) is 9.18 Å². The van der Waals surface area contributed by atoms with Gasteiger partial charge >= 0.3 is 0 Å². The maximum absolute atomic E-state index is 12.8. The van der Waals surface area contributed by atoms with Gasteiger partial charge in [0.2, 0.25) is 6.10 Å². The second-order valence-corrected chi connectivity index (χ2v) is 6.13. The number of nitrogens with zero attached hydrogens (tertiary/aromatic N) is 1. The third-order valence-corrected chi connectivity index (χ3v) is 4.16. The molecule has 6 nitrogen and oxygen atoms in total. The highest BCUT2D eigenvalue weighted by Crippen LogP contribution is 2.30. The minimum Gasteiger partial charge on any atom is -0.485 e. The number of hydrogen-bond donors (Lipinski definition) is 1. The molecular formula is C21H17FN2O4. The first-order chi connectivity index (χ1) is 13.7. The third-order valence-electron chi connectivity index (χ3n) is 4.16. The number of amides is 1. The molecule has 142 valence electrons. The molecule has 0 radical (unpaired) electrons. The van der Waals surface area contributed by atoms with E-state index < -0.39 is 18.7 Å². The predicted molar refractivity (Wildman–Crippen MR) is 101 cm³/mol. The van der Waals surface area contributed by atoms with Crippen molar-refractivity contribution in [3.8, 4) is 22.8 Å². The molecule has 4 rings (SSSR count). The zero-order valence-electron chi connectivity index (χ0n) is 14.8. The molecule has 28 heavy (non-hydrogen) atoms. The number of para-hydroxylation sites is 2. The van der Waals surface area contributed by atoms with Gasteiger partial charge in [-0.05, 0) is 35.9 Å². The highest BCUT2D eigenvalue weighted by atomic mass is 19.1. The topological polar surface area (TPSA) is 73.1 Å². The first-order valence-corrected chi connectivity index (χ1v) is 8.69. The summed E-state index contributed by atoms with van der Waals surface area (Å²) in [6, 6.07) is 17.7. The van der Waals surface area contributed by atoms with Crippen LogP contribution in [-0.4, -0.2) is 24.8 Å². The highest BCUT2D eigenvalue weighted by Gasteiger charge is 2.27. The fourth-order valence-electron chi connectivity index (χ4n) is 2.77. The van der Waals surface area contributed by atoms with Crippen LogP contribution in [0.2, 0.25) is 0 Å². The minimum atomic E-state index is -0.789. The van der Waals surface area contributed by atoms with Crippen molar-refractivity contribution in [1.29, 1.82) is 0 Å². The lowest BCUT2D eigenvalue weighted by Gasteiger charge is -2.24. The van der Waals surface area contributed by atoms with Crippen LogP contribution in [0.3, 0.4) is 0 Å². The number of ether oxygens (including phenoxy) is 2. The van der Waals surface area contributed by atoms with Crippen LogP contribution in [0.1, 0.15) is 11.3 Å². The SMILES string of the molecule is O=C(N/N=C/c1ccc(-c2cccc(CF)c2)o1)C1COc2ccccc2O1. The summed E-state index contributed by atoms with van der Waals surface area (Å²) in [5.74, 6) is 1.74.